The average Bonchev–Trinajstić information content (AvgIpc) is 2.60. The van der Waals surface area contributed by atoms with Gasteiger partial charge < -0.3 is 5.11 Å². The Balaban J connectivity index is 2.66. The van der Waals surface area contributed by atoms with Crippen LogP contribution in [0, 0.1) is 22.7 Å². The van der Waals surface area contributed by atoms with Gasteiger partial charge in [-0.25, -0.2) is 0 Å². The normalized spacial score (nSPS) is 17.8. The highest BCUT2D eigenvalue weighted by molar-refractivity contribution is 5.80. The number of allylic oxidation sites excluding steroid dienone is 1. The van der Waals surface area contributed by atoms with Crippen LogP contribution in [0.2, 0.25) is 0 Å². The SMILES string of the molecule is N#CC(C#N)=C1CC(O)c2ccccc21. The van der Waals surface area contributed by atoms with E-state index in [1.807, 2.05) is 36.4 Å². The summed E-state index contributed by atoms with van der Waals surface area (Å²) >= 11 is 0. The molecule has 15 heavy (non-hydrogen) atoms. The number of hydrogen-bond donors (Lipinski definition) is 1. The fraction of sp³-hybridized carbons (Fsp3) is 0.167. The Hall–Kier alpha value is -2.10. The van der Waals surface area contributed by atoms with Crippen molar-refractivity contribution in [3.8, 4) is 12.1 Å². The van der Waals surface area contributed by atoms with E-state index in [-0.39, 0.29) is 5.57 Å². The Labute approximate surface area is 87.5 Å². The summed E-state index contributed by atoms with van der Waals surface area (Å²) in [5, 5.41) is 27.3. The van der Waals surface area contributed by atoms with Gasteiger partial charge in [0.25, 0.3) is 0 Å². The number of aliphatic hydroxyl groups excluding tert-OH is 1. The molecule has 0 bridgehead atoms. The Morgan fingerprint density at radius 3 is 2.60 bits per heavy atom. The van der Waals surface area contributed by atoms with Crippen molar-refractivity contribution >= 4 is 5.57 Å². The van der Waals surface area contributed by atoms with Gasteiger partial charge in [0.2, 0.25) is 0 Å². The molecule has 0 aliphatic heterocycles. The lowest BCUT2D eigenvalue weighted by Gasteiger charge is -2.00. The maximum Gasteiger partial charge on any atom is 0.133 e. The molecule has 1 aliphatic carbocycles. The van der Waals surface area contributed by atoms with Gasteiger partial charge in [0.15, 0.2) is 0 Å². The molecule has 3 nitrogen and oxygen atoms in total. The van der Waals surface area contributed by atoms with Crippen LogP contribution in [0.4, 0.5) is 0 Å². The lowest BCUT2D eigenvalue weighted by molar-refractivity contribution is 0.190. The standard InChI is InChI=1S/C12H8N2O/c13-6-8(7-14)11-5-12(15)10-4-2-1-3-9(10)11/h1-4,12,15H,5H2. The van der Waals surface area contributed by atoms with Crippen molar-refractivity contribution in [1.82, 2.24) is 0 Å². The Bertz CT molecular complexity index is 501. The molecule has 1 aliphatic rings. The highest BCUT2D eigenvalue weighted by Gasteiger charge is 2.26. The largest absolute Gasteiger partial charge is 0.388 e. The molecule has 2 rings (SSSR count). The van der Waals surface area contributed by atoms with Gasteiger partial charge in [0, 0.05) is 6.42 Å². The molecule has 0 aromatic heterocycles. The second-order valence-corrected chi connectivity index (χ2v) is 3.38. The van der Waals surface area contributed by atoms with Crippen LogP contribution < -0.4 is 0 Å². The smallest absolute Gasteiger partial charge is 0.133 e. The molecule has 0 spiro atoms. The molecule has 0 saturated heterocycles. The van der Waals surface area contributed by atoms with E-state index in [0.717, 1.165) is 11.1 Å². The van der Waals surface area contributed by atoms with Crippen molar-refractivity contribution in [2.24, 2.45) is 0 Å². The summed E-state index contributed by atoms with van der Waals surface area (Å²) in [5.41, 5.74) is 2.38. The molecule has 1 aromatic rings. The number of nitriles is 2. The van der Waals surface area contributed by atoms with Crippen LogP contribution in [-0.4, -0.2) is 5.11 Å². The summed E-state index contributed by atoms with van der Waals surface area (Å²) in [7, 11) is 0. The van der Waals surface area contributed by atoms with Crippen LogP contribution in [0.25, 0.3) is 5.57 Å². The molecular formula is C12H8N2O. The minimum atomic E-state index is -0.590. The fourth-order valence-corrected chi connectivity index (χ4v) is 1.87. The number of rotatable bonds is 0. The molecule has 1 atom stereocenters. The predicted molar refractivity (Wildman–Crippen MR) is 54.2 cm³/mol. The number of benzene rings is 1. The first kappa shape index (κ1) is 9.45. The molecule has 3 heteroatoms. The van der Waals surface area contributed by atoms with E-state index >= 15 is 0 Å². The first-order valence-electron chi connectivity index (χ1n) is 4.58. The summed E-state index contributed by atoms with van der Waals surface area (Å²) in [5.74, 6) is 0. The van der Waals surface area contributed by atoms with Crippen molar-refractivity contribution in [3.63, 3.8) is 0 Å². The predicted octanol–water partition coefficient (Wildman–Crippen LogP) is 1.92. The summed E-state index contributed by atoms with van der Waals surface area (Å²) in [6, 6.07) is 11.0. The van der Waals surface area contributed by atoms with Gasteiger partial charge in [-0.2, -0.15) is 10.5 Å². The Morgan fingerprint density at radius 2 is 1.93 bits per heavy atom. The molecule has 0 amide bonds. The van der Waals surface area contributed by atoms with Gasteiger partial charge in [-0.15, -0.1) is 0 Å². The zero-order valence-corrected chi connectivity index (χ0v) is 7.94. The molecule has 1 unspecified atom stereocenters. The monoisotopic (exact) mass is 196 g/mol. The van der Waals surface area contributed by atoms with Crippen molar-refractivity contribution in [3.05, 3.63) is 41.0 Å². The summed E-state index contributed by atoms with van der Waals surface area (Å²) in [6.45, 7) is 0. The summed E-state index contributed by atoms with van der Waals surface area (Å²) in [6.07, 6.45) is -0.233. The van der Waals surface area contributed by atoms with Crippen LogP contribution in [0.5, 0.6) is 0 Å². The Kier molecular flexibility index (Phi) is 2.25. The van der Waals surface area contributed by atoms with E-state index in [9.17, 15) is 5.11 Å². The van der Waals surface area contributed by atoms with Crippen LogP contribution >= 0.6 is 0 Å². The maximum atomic E-state index is 9.74. The van der Waals surface area contributed by atoms with Gasteiger partial charge in [-0.1, -0.05) is 24.3 Å². The third kappa shape index (κ3) is 1.40. The highest BCUT2D eigenvalue weighted by Crippen LogP contribution is 2.40. The number of fused-ring (bicyclic) bond motifs is 1. The zero-order chi connectivity index (χ0) is 10.8. The van der Waals surface area contributed by atoms with Crippen LogP contribution in [0.15, 0.2) is 29.8 Å². The van der Waals surface area contributed by atoms with Crippen molar-refractivity contribution in [2.45, 2.75) is 12.5 Å². The third-order valence-electron chi connectivity index (χ3n) is 2.57. The average molecular weight is 196 g/mol. The first-order valence-corrected chi connectivity index (χ1v) is 4.58. The van der Waals surface area contributed by atoms with Gasteiger partial charge in [-0.3, -0.25) is 0 Å². The van der Waals surface area contributed by atoms with Crippen LogP contribution in [0.3, 0.4) is 0 Å². The highest BCUT2D eigenvalue weighted by atomic mass is 16.3. The number of aliphatic hydroxyl groups is 1. The molecule has 0 fully saturated rings. The molecule has 72 valence electrons. The summed E-state index contributed by atoms with van der Waals surface area (Å²) < 4.78 is 0. The van der Waals surface area contributed by atoms with Crippen molar-refractivity contribution in [2.75, 3.05) is 0 Å². The van der Waals surface area contributed by atoms with E-state index in [0.29, 0.717) is 12.0 Å². The number of nitrogens with zero attached hydrogens (tertiary/aromatic N) is 2. The van der Waals surface area contributed by atoms with E-state index in [1.165, 1.54) is 0 Å². The zero-order valence-electron chi connectivity index (χ0n) is 7.94. The lowest BCUT2D eigenvalue weighted by atomic mass is 10.0. The molecule has 1 N–H and O–H groups in total. The third-order valence-corrected chi connectivity index (χ3v) is 2.57. The molecule has 0 radical (unpaired) electrons. The van der Waals surface area contributed by atoms with Crippen LogP contribution in [-0.2, 0) is 0 Å². The molecule has 1 aromatic carbocycles. The topological polar surface area (TPSA) is 67.8 Å². The van der Waals surface area contributed by atoms with Gasteiger partial charge in [0.1, 0.15) is 17.7 Å². The quantitative estimate of drug-likeness (QED) is 0.644. The van der Waals surface area contributed by atoms with Crippen molar-refractivity contribution in [1.29, 1.82) is 10.5 Å². The molecule has 0 heterocycles. The van der Waals surface area contributed by atoms with Gasteiger partial charge in [-0.05, 0) is 16.7 Å². The van der Waals surface area contributed by atoms with Crippen molar-refractivity contribution < 1.29 is 5.11 Å². The maximum absolute atomic E-state index is 9.74. The van der Waals surface area contributed by atoms with Crippen LogP contribution in [0.1, 0.15) is 23.7 Å². The Morgan fingerprint density at radius 1 is 1.27 bits per heavy atom. The van der Waals surface area contributed by atoms with E-state index in [2.05, 4.69) is 0 Å². The lowest BCUT2D eigenvalue weighted by Crippen LogP contribution is -1.88. The number of hydrogen-bond acceptors (Lipinski definition) is 3. The first-order chi connectivity index (χ1) is 7.27. The minimum Gasteiger partial charge on any atom is -0.388 e. The summed E-state index contributed by atoms with van der Waals surface area (Å²) in [4.78, 5) is 0. The van der Waals surface area contributed by atoms with E-state index in [1.54, 1.807) is 0 Å². The second kappa shape index (κ2) is 3.57. The van der Waals surface area contributed by atoms with Gasteiger partial charge >= 0.3 is 0 Å². The van der Waals surface area contributed by atoms with E-state index in [4.69, 9.17) is 10.5 Å². The minimum absolute atomic E-state index is 0.0963. The fourth-order valence-electron chi connectivity index (χ4n) is 1.87. The van der Waals surface area contributed by atoms with Gasteiger partial charge in [0.05, 0.1) is 6.10 Å². The molecule has 0 saturated carbocycles. The second-order valence-electron chi connectivity index (χ2n) is 3.38. The molecular weight excluding hydrogens is 188 g/mol. The van der Waals surface area contributed by atoms with E-state index < -0.39 is 6.10 Å².